The minimum Gasteiger partial charge on any atom is -0.347 e. The van der Waals surface area contributed by atoms with E-state index >= 15 is 0 Å². The van der Waals surface area contributed by atoms with Gasteiger partial charge in [-0.15, -0.1) is 0 Å². The molecule has 0 aliphatic carbocycles. The Morgan fingerprint density at radius 2 is 1.83 bits per heavy atom. The maximum absolute atomic E-state index is 13.1. The number of alkyl halides is 3. The Kier molecular flexibility index (Phi) is 3.24. The van der Waals surface area contributed by atoms with E-state index in [0.29, 0.717) is 24.1 Å². The lowest BCUT2D eigenvalue weighted by Gasteiger charge is -2.30. The Morgan fingerprint density at radius 3 is 2.33 bits per heavy atom. The Balaban J connectivity index is 2.56. The van der Waals surface area contributed by atoms with Crippen LogP contribution in [-0.4, -0.2) is 4.57 Å². The Bertz CT molecular complexity index is 443. The average Bonchev–Trinajstić information content (AvgIpc) is 2.56. The first-order valence-corrected chi connectivity index (χ1v) is 6.51. The predicted molar refractivity (Wildman–Crippen MR) is 65.6 cm³/mol. The minimum absolute atomic E-state index is 0.101. The number of nitrogens with zero attached hydrogens (tertiary/aromatic N) is 1. The van der Waals surface area contributed by atoms with Crippen LogP contribution in [0.4, 0.5) is 13.2 Å². The lowest BCUT2D eigenvalue weighted by atomic mass is 9.88. The van der Waals surface area contributed by atoms with E-state index in [1.165, 1.54) is 6.07 Å². The normalized spacial score (nSPS) is 24.4. The molecule has 2 unspecified atom stereocenters. The average molecular weight is 259 g/mol. The van der Waals surface area contributed by atoms with Crippen LogP contribution < -0.4 is 0 Å². The summed E-state index contributed by atoms with van der Waals surface area (Å²) in [5, 5.41) is 0. The summed E-state index contributed by atoms with van der Waals surface area (Å²) in [5.41, 5.74) is 0.863. The monoisotopic (exact) mass is 259 g/mol. The van der Waals surface area contributed by atoms with Crippen LogP contribution >= 0.6 is 0 Å². The largest absolute Gasteiger partial charge is 0.418 e. The molecule has 1 aromatic heterocycles. The van der Waals surface area contributed by atoms with Gasteiger partial charge < -0.3 is 4.57 Å². The highest BCUT2D eigenvalue weighted by Gasteiger charge is 2.39. The third-order valence-corrected chi connectivity index (χ3v) is 4.05. The quantitative estimate of drug-likeness (QED) is 0.701. The van der Waals surface area contributed by atoms with E-state index in [1.807, 2.05) is 18.4 Å². The first-order chi connectivity index (χ1) is 8.21. The molecule has 102 valence electrons. The molecule has 18 heavy (non-hydrogen) atoms. The van der Waals surface area contributed by atoms with E-state index in [9.17, 15) is 13.2 Å². The molecule has 0 saturated heterocycles. The zero-order chi connectivity index (χ0) is 13.7. The van der Waals surface area contributed by atoms with Gasteiger partial charge in [-0.05, 0) is 30.2 Å². The van der Waals surface area contributed by atoms with Crippen LogP contribution in [-0.2, 0) is 19.1 Å². The molecule has 0 N–H and O–H groups in total. The molecule has 0 bridgehead atoms. The fourth-order valence-corrected chi connectivity index (χ4v) is 2.85. The van der Waals surface area contributed by atoms with Crippen LogP contribution in [0.1, 0.15) is 50.6 Å². The molecule has 0 spiro atoms. The summed E-state index contributed by atoms with van der Waals surface area (Å²) in [4.78, 5) is 0. The molecule has 4 heteroatoms. The summed E-state index contributed by atoms with van der Waals surface area (Å²) in [7, 11) is 0. The van der Waals surface area contributed by atoms with Crippen molar-refractivity contribution in [3.05, 3.63) is 23.0 Å². The summed E-state index contributed by atoms with van der Waals surface area (Å²) in [6, 6.07) is 1.36. The third kappa shape index (κ3) is 2.17. The Morgan fingerprint density at radius 1 is 1.22 bits per heavy atom. The van der Waals surface area contributed by atoms with Gasteiger partial charge in [-0.2, -0.15) is 13.2 Å². The first-order valence-electron chi connectivity index (χ1n) is 6.51. The van der Waals surface area contributed by atoms with Gasteiger partial charge in [-0.3, -0.25) is 0 Å². The topological polar surface area (TPSA) is 4.93 Å². The lowest BCUT2D eigenvalue weighted by Crippen LogP contribution is -2.26. The van der Waals surface area contributed by atoms with Crippen molar-refractivity contribution in [2.24, 2.45) is 11.8 Å². The van der Waals surface area contributed by atoms with Crippen molar-refractivity contribution in [1.82, 2.24) is 4.57 Å². The van der Waals surface area contributed by atoms with Gasteiger partial charge in [0.1, 0.15) is 0 Å². The molecule has 2 atom stereocenters. The number of halogens is 3. The van der Waals surface area contributed by atoms with Gasteiger partial charge in [0.05, 0.1) is 5.56 Å². The predicted octanol–water partition coefficient (Wildman–Crippen LogP) is 4.46. The molecule has 1 nitrogen and oxygen atoms in total. The van der Waals surface area contributed by atoms with E-state index in [1.54, 1.807) is 0 Å². The van der Waals surface area contributed by atoms with Crippen LogP contribution in [0.15, 0.2) is 6.07 Å². The van der Waals surface area contributed by atoms with Gasteiger partial charge in [0.15, 0.2) is 0 Å². The zero-order valence-corrected chi connectivity index (χ0v) is 11.3. The van der Waals surface area contributed by atoms with Crippen LogP contribution in [0.3, 0.4) is 0 Å². The third-order valence-electron chi connectivity index (χ3n) is 4.05. The molecule has 1 aliphatic rings. The van der Waals surface area contributed by atoms with Crippen LogP contribution in [0, 0.1) is 11.8 Å². The SMILES string of the molecule is CC(C)c1c(C(F)(F)F)cc2n1CC(C)C(C)C2. The van der Waals surface area contributed by atoms with Crippen LogP contribution in [0.5, 0.6) is 0 Å². The van der Waals surface area contributed by atoms with Gasteiger partial charge in [-0.25, -0.2) is 0 Å². The van der Waals surface area contributed by atoms with E-state index < -0.39 is 11.7 Å². The molecule has 2 heterocycles. The molecule has 0 saturated carbocycles. The molecule has 0 aromatic carbocycles. The van der Waals surface area contributed by atoms with Crippen molar-refractivity contribution in [2.75, 3.05) is 0 Å². The van der Waals surface area contributed by atoms with Gasteiger partial charge in [0, 0.05) is 17.9 Å². The number of hydrogen-bond donors (Lipinski definition) is 0. The number of rotatable bonds is 1. The van der Waals surface area contributed by atoms with Gasteiger partial charge in [0.2, 0.25) is 0 Å². The van der Waals surface area contributed by atoms with Gasteiger partial charge >= 0.3 is 6.18 Å². The second kappa shape index (κ2) is 4.32. The highest BCUT2D eigenvalue weighted by atomic mass is 19.4. The van der Waals surface area contributed by atoms with Crippen molar-refractivity contribution in [2.45, 2.75) is 52.8 Å². The van der Waals surface area contributed by atoms with Crippen molar-refractivity contribution in [1.29, 1.82) is 0 Å². The van der Waals surface area contributed by atoms with E-state index in [2.05, 4.69) is 13.8 Å². The fraction of sp³-hybridized carbons (Fsp3) is 0.714. The summed E-state index contributed by atoms with van der Waals surface area (Å²) in [6.07, 6.45) is -3.49. The van der Waals surface area contributed by atoms with Gasteiger partial charge in [-0.1, -0.05) is 27.7 Å². The standard InChI is InChI=1S/C14H20F3N/c1-8(2)13-12(14(15,16)17)6-11-5-9(3)10(4)7-18(11)13/h6,8-10H,5,7H2,1-4H3. The summed E-state index contributed by atoms with van der Waals surface area (Å²) < 4.78 is 41.1. The fourth-order valence-electron chi connectivity index (χ4n) is 2.85. The lowest BCUT2D eigenvalue weighted by molar-refractivity contribution is -0.138. The Labute approximate surface area is 106 Å². The van der Waals surface area contributed by atoms with Crippen molar-refractivity contribution < 1.29 is 13.2 Å². The molecule has 0 amide bonds. The van der Waals surface area contributed by atoms with Crippen molar-refractivity contribution in [3.63, 3.8) is 0 Å². The Hall–Kier alpha value is -0.930. The first kappa shape index (κ1) is 13.5. The number of aromatic nitrogens is 1. The second-order valence-corrected chi connectivity index (χ2v) is 5.86. The maximum Gasteiger partial charge on any atom is 0.418 e. The van der Waals surface area contributed by atoms with Crippen molar-refractivity contribution >= 4 is 0 Å². The number of hydrogen-bond acceptors (Lipinski definition) is 0. The molecular formula is C14H20F3N. The van der Waals surface area contributed by atoms with E-state index in [-0.39, 0.29) is 5.92 Å². The highest BCUT2D eigenvalue weighted by Crippen LogP contribution is 2.40. The minimum atomic E-state index is -4.24. The van der Waals surface area contributed by atoms with Crippen LogP contribution in [0.2, 0.25) is 0 Å². The molecular weight excluding hydrogens is 239 g/mol. The molecule has 2 rings (SSSR count). The highest BCUT2D eigenvalue weighted by molar-refractivity contribution is 5.34. The summed E-state index contributed by atoms with van der Waals surface area (Å²) in [6.45, 7) is 8.61. The smallest absolute Gasteiger partial charge is 0.347 e. The van der Waals surface area contributed by atoms with Crippen molar-refractivity contribution in [3.8, 4) is 0 Å². The zero-order valence-electron chi connectivity index (χ0n) is 11.3. The van der Waals surface area contributed by atoms with Gasteiger partial charge in [0.25, 0.3) is 0 Å². The molecule has 0 fully saturated rings. The summed E-state index contributed by atoms with van der Waals surface area (Å²) in [5.74, 6) is 0.785. The van der Waals surface area contributed by atoms with E-state index in [0.717, 1.165) is 12.1 Å². The number of fused-ring (bicyclic) bond motifs is 1. The van der Waals surface area contributed by atoms with Crippen LogP contribution in [0.25, 0.3) is 0 Å². The molecule has 1 aliphatic heterocycles. The molecule has 1 aromatic rings. The maximum atomic E-state index is 13.1. The van der Waals surface area contributed by atoms with E-state index in [4.69, 9.17) is 0 Å². The second-order valence-electron chi connectivity index (χ2n) is 5.86. The summed E-state index contributed by atoms with van der Waals surface area (Å²) >= 11 is 0. The molecule has 0 radical (unpaired) electrons.